The number of nitriles is 1. The summed E-state index contributed by atoms with van der Waals surface area (Å²) in [6.07, 6.45) is 2.78. The van der Waals surface area contributed by atoms with Gasteiger partial charge in [-0.25, -0.2) is 4.39 Å². The number of nitrogens with zero attached hydrogens (tertiary/aromatic N) is 2. The van der Waals surface area contributed by atoms with E-state index in [1.807, 2.05) is 24.3 Å². The number of carbonyl (C=O) groups is 1. The van der Waals surface area contributed by atoms with Gasteiger partial charge in [0.05, 0.1) is 24.3 Å². The van der Waals surface area contributed by atoms with Gasteiger partial charge in [-0.2, -0.15) is 5.26 Å². The van der Waals surface area contributed by atoms with E-state index in [1.165, 1.54) is 6.07 Å². The van der Waals surface area contributed by atoms with E-state index in [2.05, 4.69) is 17.9 Å². The summed E-state index contributed by atoms with van der Waals surface area (Å²) in [5, 5.41) is 19.5. The molecule has 1 saturated heterocycles. The molecule has 4 nitrogen and oxygen atoms in total. The summed E-state index contributed by atoms with van der Waals surface area (Å²) in [5.74, 6) is 5.18. The summed E-state index contributed by atoms with van der Waals surface area (Å²) in [6, 6.07) is 15.0. The third kappa shape index (κ3) is 3.50. The van der Waals surface area contributed by atoms with Crippen LogP contribution < -0.4 is 0 Å². The van der Waals surface area contributed by atoms with Gasteiger partial charge in [-0.05, 0) is 42.7 Å². The van der Waals surface area contributed by atoms with Crippen molar-refractivity contribution in [2.75, 3.05) is 6.61 Å². The van der Waals surface area contributed by atoms with Gasteiger partial charge in [-0.3, -0.25) is 4.79 Å². The van der Waals surface area contributed by atoms with Crippen LogP contribution in [0.2, 0.25) is 0 Å². The fraction of sp³-hybridized carbons (Fsp3) is 0.333. The van der Waals surface area contributed by atoms with Crippen LogP contribution in [0.25, 0.3) is 0 Å². The predicted molar refractivity (Wildman–Crippen MR) is 106 cm³/mol. The molecule has 2 aromatic carbocycles. The smallest absolute Gasteiger partial charge is 0.227 e. The highest BCUT2D eigenvalue weighted by Crippen LogP contribution is 2.43. The number of rotatable bonds is 3. The van der Waals surface area contributed by atoms with Crippen LogP contribution in [0.5, 0.6) is 0 Å². The van der Waals surface area contributed by atoms with Crippen LogP contribution >= 0.6 is 0 Å². The van der Waals surface area contributed by atoms with E-state index < -0.39 is 6.04 Å². The Kier molecular flexibility index (Phi) is 5.34. The minimum atomic E-state index is -0.560. The molecule has 0 bridgehead atoms. The zero-order valence-electron chi connectivity index (χ0n) is 15.9. The van der Waals surface area contributed by atoms with E-state index in [0.717, 1.165) is 30.4 Å². The first-order valence-corrected chi connectivity index (χ1v) is 9.83. The summed E-state index contributed by atoms with van der Waals surface area (Å²) in [5.41, 5.74) is 1.96. The highest BCUT2D eigenvalue weighted by molar-refractivity contribution is 5.82. The van der Waals surface area contributed by atoms with E-state index >= 15 is 0 Å². The molecule has 29 heavy (non-hydrogen) atoms. The lowest BCUT2D eigenvalue weighted by Gasteiger charge is -2.53. The van der Waals surface area contributed by atoms with Crippen molar-refractivity contribution in [2.24, 2.45) is 5.92 Å². The average molecular weight is 388 g/mol. The molecule has 1 amide bonds. The maximum atomic E-state index is 13.7. The molecule has 1 aliphatic carbocycles. The van der Waals surface area contributed by atoms with E-state index in [4.69, 9.17) is 0 Å². The normalized spacial score (nSPS) is 23.2. The molecule has 1 heterocycles. The minimum absolute atomic E-state index is 0.00289. The molecule has 2 aromatic rings. The molecule has 0 aromatic heterocycles. The Hall–Kier alpha value is -3.15. The fourth-order valence-corrected chi connectivity index (χ4v) is 4.07. The molecule has 0 unspecified atom stereocenters. The maximum absolute atomic E-state index is 13.7. The number of aliphatic hydroxyl groups excluding tert-OH is 1. The average Bonchev–Trinajstić information content (AvgIpc) is 2.67. The molecule has 0 spiro atoms. The van der Waals surface area contributed by atoms with Gasteiger partial charge >= 0.3 is 0 Å². The van der Waals surface area contributed by atoms with Crippen molar-refractivity contribution < 1.29 is 14.3 Å². The van der Waals surface area contributed by atoms with Gasteiger partial charge in [0.1, 0.15) is 11.9 Å². The zero-order chi connectivity index (χ0) is 20.4. The molecule has 1 saturated carbocycles. The number of aliphatic hydroxyl groups is 1. The van der Waals surface area contributed by atoms with E-state index in [9.17, 15) is 19.6 Å². The number of likely N-dealkylation sites (tertiary alicyclic amines) is 1. The highest BCUT2D eigenvalue weighted by atomic mass is 19.1. The van der Waals surface area contributed by atoms with Crippen molar-refractivity contribution in [1.82, 2.24) is 4.90 Å². The maximum Gasteiger partial charge on any atom is 0.227 e. The Morgan fingerprint density at radius 1 is 1.14 bits per heavy atom. The van der Waals surface area contributed by atoms with E-state index in [1.54, 1.807) is 23.1 Å². The van der Waals surface area contributed by atoms with Crippen LogP contribution in [0.4, 0.5) is 4.39 Å². The molecule has 2 aliphatic rings. The lowest BCUT2D eigenvalue weighted by atomic mass is 9.73. The Morgan fingerprint density at radius 2 is 1.86 bits per heavy atom. The number of hydrogen-bond acceptors (Lipinski definition) is 3. The van der Waals surface area contributed by atoms with Crippen molar-refractivity contribution in [3.8, 4) is 17.9 Å². The molecule has 146 valence electrons. The second-order valence-electron chi connectivity index (χ2n) is 7.57. The quantitative estimate of drug-likeness (QED) is 0.822. The van der Waals surface area contributed by atoms with Gasteiger partial charge in [0.2, 0.25) is 5.91 Å². The van der Waals surface area contributed by atoms with Gasteiger partial charge < -0.3 is 10.0 Å². The van der Waals surface area contributed by atoms with Crippen LogP contribution in [-0.4, -0.2) is 34.6 Å². The topological polar surface area (TPSA) is 64.3 Å². The van der Waals surface area contributed by atoms with Crippen LogP contribution in [-0.2, 0) is 4.79 Å². The number of amides is 1. The summed E-state index contributed by atoms with van der Waals surface area (Å²) < 4.78 is 13.7. The van der Waals surface area contributed by atoms with Crippen LogP contribution in [0.15, 0.2) is 48.5 Å². The second-order valence-corrected chi connectivity index (χ2v) is 7.57. The monoisotopic (exact) mass is 388 g/mol. The van der Waals surface area contributed by atoms with Gasteiger partial charge in [0, 0.05) is 17.4 Å². The Balaban J connectivity index is 1.52. The summed E-state index contributed by atoms with van der Waals surface area (Å²) in [4.78, 5) is 14.2. The lowest BCUT2D eigenvalue weighted by molar-refractivity contribution is -0.154. The molecule has 1 aliphatic heterocycles. The molecule has 3 atom stereocenters. The second kappa shape index (κ2) is 8.07. The Morgan fingerprint density at radius 3 is 2.45 bits per heavy atom. The first kappa shape index (κ1) is 19.2. The van der Waals surface area contributed by atoms with E-state index in [0.29, 0.717) is 5.56 Å². The van der Waals surface area contributed by atoms with Crippen molar-refractivity contribution in [1.29, 1.82) is 5.26 Å². The van der Waals surface area contributed by atoms with Gasteiger partial charge in [-0.1, -0.05) is 42.5 Å². The third-order valence-electron chi connectivity index (χ3n) is 5.95. The number of hydrogen-bond donors (Lipinski definition) is 1. The minimum Gasteiger partial charge on any atom is -0.394 e. The zero-order valence-corrected chi connectivity index (χ0v) is 15.9. The Labute approximate surface area is 169 Å². The molecular weight excluding hydrogens is 367 g/mol. The molecule has 1 N–H and O–H groups in total. The van der Waals surface area contributed by atoms with E-state index in [-0.39, 0.29) is 36.2 Å². The highest BCUT2D eigenvalue weighted by Gasteiger charge is 2.53. The SMILES string of the molecule is N#C[C@H]1[C@H](c2ccc(C#Cc3ccccc3F)cc2)[C@@H](CO)N1C(=O)C1CCC1. The fourth-order valence-electron chi connectivity index (χ4n) is 4.07. The van der Waals surface area contributed by atoms with Crippen LogP contribution in [0, 0.1) is 34.9 Å². The van der Waals surface area contributed by atoms with Crippen LogP contribution in [0.1, 0.15) is 41.9 Å². The van der Waals surface area contributed by atoms with Crippen molar-refractivity contribution in [3.63, 3.8) is 0 Å². The summed E-state index contributed by atoms with van der Waals surface area (Å²) >= 11 is 0. The summed E-state index contributed by atoms with van der Waals surface area (Å²) in [7, 11) is 0. The number of halogens is 1. The van der Waals surface area contributed by atoms with Gasteiger partial charge in [0.15, 0.2) is 0 Å². The first-order chi connectivity index (χ1) is 14.1. The number of benzene rings is 2. The predicted octanol–water partition coefficient (Wildman–Crippen LogP) is 3.20. The molecular formula is C24H21FN2O2. The third-order valence-corrected chi connectivity index (χ3v) is 5.95. The molecule has 4 rings (SSSR count). The van der Waals surface area contributed by atoms with Crippen LogP contribution in [0.3, 0.4) is 0 Å². The standard InChI is InChI=1S/C24H21FN2O2/c25-20-7-2-1-4-17(20)11-8-16-9-12-18(13-10-16)23-21(14-26)27(22(23)15-28)24(29)19-5-3-6-19/h1-2,4,7,9-10,12-13,19,21-23,28H,3,5-6,15H2/t21-,22+,23-/m0/s1. The van der Waals surface area contributed by atoms with Gasteiger partial charge in [0.25, 0.3) is 0 Å². The van der Waals surface area contributed by atoms with Crippen molar-refractivity contribution in [3.05, 3.63) is 71.0 Å². The Bertz CT molecular complexity index is 1010. The molecule has 2 fully saturated rings. The van der Waals surface area contributed by atoms with Crippen molar-refractivity contribution >= 4 is 5.91 Å². The molecule has 0 radical (unpaired) electrons. The largest absolute Gasteiger partial charge is 0.394 e. The van der Waals surface area contributed by atoms with Gasteiger partial charge in [-0.15, -0.1) is 0 Å². The van der Waals surface area contributed by atoms with Crippen molar-refractivity contribution in [2.45, 2.75) is 37.3 Å². The molecule has 5 heteroatoms. The summed E-state index contributed by atoms with van der Waals surface area (Å²) in [6.45, 7) is -0.170. The number of carbonyl (C=O) groups excluding carboxylic acids is 1. The first-order valence-electron chi connectivity index (χ1n) is 9.83. The lowest BCUT2D eigenvalue weighted by Crippen LogP contribution is -2.66.